The molecule has 24 nitrogen and oxygen atoms in total. The van der Waals surface area contributed by atoms with Gasteiger partial charge in [-0.1, -0.05) is 95.9 Å². The van der Waals surface area contributed by atoms with Crippen molar-refractivity contribution in [1.82, 2.24) is 44.8 Å². The van der Waals surface area contributed by atoms with Gasteiger partial charge in [-0.25, -0.2) is 29.9 Å². The lowest BCUT2D eigenvalue weighted by Crippen LogP contribution is -2.76. The highest BCUT2D eigenvalue weighted by Crippen LogP contribution is 2.65. The number of amides is 4. The number of aromatic amines is 1. The zero-order valence-corrected chi connectivity index (χ0v) is 63.9. The van der Waals surface area contributed by atoms with E-state index < -0.39 is 67.2 Å². The van der Waals surface area contributed by atoms with E-state index in [0.717, 1.165) is 32.5 Å². The average Bonchev–Trinajstić information content (AvgIpc) is 1.21. The number of hydrogen-bond acceptors (Lipinski definition) is 23. The number of rotatable bonds is 28. The van der Waals surface area contributed by atoms with Gasteiger partial charge in [0.2, 0.25) is 17.4 Å². The lowest BCUT2D eigenvalue weighted by atomic mass is 9.67. The number of aryl methyl sites for hydroxylation is 6. The molecule has 0 spiro atoms. The van der Waals surface area contributed by atoms with Crippen molar-refractivity contribution in [3.63, 3.8) is 0 Å². The topological polar surface area (TPSA) is 344 Å². The van der Waals surface area contributed by atoms with Crippen molar-refractivity contribution in [3.8, 4) is 23.0 Å². The molecule has 0 saturated heterocycles. The number of primary amides is 1. The van der Waals surface area contributed by atoms with Gasteiger partial charge in [-0.15, -0.1) is 22.7 Å². The van der Waals surface area contributed by atoms with Crippen LogP contribution in [0.1, 0.15) is 83.3 Å². The van der Waals surface area contributed by atoms with Gasteiger partial charge in [0.05, 0.1) is 35.5 Å². The van der Waals surface area contributed by atoms with Gasteiger partial charge in [0, 0.05) is 74.9 Å². The summed E-state index contributed by atoms with van der Waals surface area (Å²) in [6.07, 6.45) is 4.00. The van der Waals surface area contributed by atoms with Gasteiger partial charge < -0.3 is 60.1 Å². The van der Waals surface area contributed by atoms with Crippen LogP contribution in [0.4, 0.5) is 11.4 Å². The normalized spacial score (nSPS) is 13.5. The van der Waals surface area contributed by atoms with E-state index in [9.17, 15) is 15.0 Å². The molecular weight excluding hydrogens is 1470 g/mol. The van der Waals surface area contributed by atoms with Crippen molar-refractivity contribution in [3.05, 3.63) is 252 Å². The number of thiazole rings is 1. The number of furan rings is 1. The number of ether oxygens (including phenoxy) is 3. The number of thioether (sulfide) groups is 3. The summed E-state index contributed by atoms with van der Waals surface area (Å²) in [5.74, 6) is -4.56. The molecule has 0 saturated carbocycles. The number of hydrogen-bond donors (Lipinski definition) is 7. The summed E-state index contributed by atoms with van der Waals surface area (Å²) in [6.45, 7) is 13.5. The number of fused-ring (bicyclic) bond motifs is 3. The highest BCUT2D eigenvalue weighted by molar-refractivity contribution is 8.05. The molecule has 13 aromatic rings. The van der Waals surface area contributed by atoms with Crippen LogP contribution in [0.2, 0.25) is 0 Å². The number of methoxy groups -OCH3 is 1. The van der Waals surface area contributed by atoms with Crippen LogP contribution in [0, 0.1) is 48.5 Å². The second-order valence-corrected chi connectivity index (χ2v) is 31.3. The van der Waals surface area contributed by atoms with Gasteiger partial charge >= 0.3 is 0 Å². The fourth-order valence-electron chi connectivity index (χ4n) is 13.2. The van der Waals surface area contributed by atoms with E-state index in [1.165, 1.54) is 117 Å². The number of Topliss-reactive ketones (excluding diaryl/α,β-unsaturated/α-hetero) is 1. The molecule has 0 aliphatic rings. The molecule has 0 bridgehead atoms. The Balaban J connectivity index is 1.19. The van der Waals surface area contributed by atoms with E-state index in [0.29, 0.717) is 72.2 Å². The maximum Gasteiger partial charge on any atom is 0.268 e. The van der Waals surface area contributed by atoms with Gasteiger partial charge in [-0.2, -0.15) is 0 Å². The summed E-state index contributed by atoms with van der Waals surface area (Å²) in [4.78, 5) is 134. The number of H-pyrrole nitrogens is 1. The first-order chi connectivity index (χ1) is 51.9. The van der Waals surface area contributed by atoms with Crippen molar-refractivity contribution in [2.24, 2.45) is 5.73 Å². The number of thiophene rings is 1. The van der Waals surface area contributed by atoms with Crippen LogP contribution >= 0.6 is 58.0 Å². The van der Waals surface area contributed by atoms with Crippen molar-refractivity contribution in [2.45, 2.75) is 111 Å². The predicted octanol–water partition coefficient (Wildman–Crippen LogP) is 13.5. The van der Waals surface area contributed by atoms with Crippen molar-refractivity contribution in [1.29, 1.82) is 0 Å². The molecule has 7 aromatic heterocycles. The number of aliphatic hydroxyl groups is 1. The molecule has 7 heterocycles. The van der Waals surface area contributed by atoms with Gasteiger partial charge in [-0.05, 0) is 162 Å². The number of carbonyl (C=O) groups is 5. The Morgan fingerprint density at radius 1 is 0.731 bits per heavy atom. The van der Waals surface area contributed by atoms with E-state index in [4.69, 9.17) is 54.3 Å². The van der Waals surface area contributed by atoms with Gasteiger partial charge in [0.25, 0.3) is 17.4 Å². The molecule has 4 unspecified atom stereocenters. The highest BCUT2D eigenvalue weighted by atomic mass is 32.2. The number of anilines is 2. The van der Waals surface area contributed by atoms with Gasteiger partial charge in [0.1, 0.15) is 73.6 Å². The highest BCUT2D eigenvalue weighted by Gasteiger charge is 2.78. The zero-order valence-electron chi connectivity index (χ0n) is 59.8. The lowest BCUT2D eigenvalue weighted by molar-refractivity contribution is -0.148. The number of carbonyl (C=O) groups excluding carboxylic acids is 5. The molecule has 4 atom stereocenters. The summed E-state index contributed by atoms with van der Waals surface area (Å²) >= 11 is 4.63. The van der Waals surface area contributed by atoms with E-state index in [2.05, 4.69) is 20.9 Å². The van der Waals surface area contributed by atoms with Gasteiger partial charge in [-0.3, -0.25) is 28.8 Å². The quantitative estimate of drug-likeness (QED) is 0.00787. The number of phenolic OH excluding ortho intramolecular Hbond substituents is 1. The molecule has 29 heteroatoms. The lowest BCUT2D eigenvalue weighted by Gasteiger charge is -2.55. The maximum atomic E-state index is 18.8. The Labute approximate surface area is 639 Å². The van der Waals surface area contributed by atoms with Crippen LogP contribution in [0.5, 0.6) is 23.0 Å². The van der Waals surface area contributed by atoms with Crippen LogP contribution in [0.25, 0.3) is 31.5 Å². The van der Waals surface area contributed by atoms with E-state index in [1.807, 2.05) is 62.6 Å². The molecule has 550 valence electrons. The van der Waals surface area contributed by atoms with Crippen molar-refractivity contribution in [2.75, 3.05) is 24.4 Å². The minimum absolute atomic E-state index is 0.0117. The minimum atomic E-state index is -3.33. The number of aromatic hydroxyl groups is 1. The Morgan fingerprint density at radius 3 is 2.20 bits per heavy atom. The third-order valence-corrected chi connectivity index (χ3v) is 25.0. The number of nitrogens with zero attached hydrogens (tertiary/aromatic N) is 7. The number of aromatic nitrogens is 8. The van der Waals surface area contributed by atoms with Crippen LogP contribution < -0.4 is 41.5 Å². The van der Waals surface area contributed by atoms with E-state index in [-0.39, 0.29) is 97.5 Å². The third-order valence-electron chi connectivity index (χ3n) is 18.6. The first kappa shape index (κ1) is 75.0. The van der Waals surface area contributed by atoms with Crippen LogP contribution in [0.15, 0.2) is 195 Å². The predicted molar refractivity (Wildman–Crippen MR) is 419 cm³/mol. The van der Waals surface area contributed by atoms with Crippen molar-refractivity contribution >= 4 is 130 Å². The summed E-state index contributed by atoms with van der Waals surface area (Å²) in [5.41, 5.74) is 7.40. The molecular formula is C79H72N12O12S5. The number of phenols is 1. The first-order valence-corrected chi connectivity index (χ1v) is 38.0. The molecule has 0 radical (unpaired) electrons. The van der Waals surface area contributed by atoms with Gasteiger partial charge in [0.15, 0.2) is 25.8 Å². The van der Waals surface area contributed by atoms with Crippen LogP contribution in [0.3, 0.4) is 0 Å². The summed E-state index contributed by atoms with van der Waals surface area (Å²) in [7, 11) is 1.43. The number of aliphatic hydroxyl groups excluding tert-OH is 1. The number of benzene rings is 6. The molecule has 108 heavy (non-hydrogen) atoms. The largest absolute Gasteiger partial charge is 0.508 e. The zero-order chi connectivity index (χ0) is 76.3. The van der Waals surface area contributed by atoms with E-state index in [1.54, 1.807) is 80.8 Å². The van der Waals surface area contributed by atoms with E-state index >= 15 is 24.0 Å². The van der Waals surface area contributed by atoms with Crippen molar-refractivity contribution < 1.29 is 52.8 Å². The second-order valence-electron chi connectivity index (χ2n) is 25.5. The first-order valence-electron chi connectivity index (χ1n) is 33.9. The number of nitrogens with one attached hydrogen (secondary N) is 4. The Kier molecular flexibility index (Phi) is 21.8. The fourth-order valence-corrected chi connectivity index (χ4v) is 19.4. The summed E-state index contributed by atoms with van der Waals surface area (Å²) in [6, 6.07) is 40.4. The number of ketones is 1. The molecule has 0 fully saturated rings. The monoisotopic (exact) mass is 1540 g/mol. The second kappa shape index (κ2) is 31.3. The Morgan fingerprint density at radius 2 is 1.48 bits per heavy atom. The average molecular weight is 1540 g/mol. The summed E-state index contributed by atoms with van der Waals surface area (Å²) in [5, 5.41) is 30.0. The third kappa shape index (κ3) is 14.4. The summed E-state index contributed by atoms with van der Waals surface area (Å²) < 4.78 is 22.3. The fraction of sp³-hybridized carbons (Fsp3) is 0.215. The minimum Gasteiger partial charge on any atom is -0.508 e. The molecule has 6 aromatic carbocycles. The maximum absolute atomic E-state index is 18.8. The molecule has 0 aliphatic heterocycles. The SMILES string of the molecule is COc1cccc(NC(=O)C(Sc2nc(C)c(CCO)c(=O)[nH]2)(C(Oc2cccc(C)c2)(C(N)=O)c2ccc(OCc3nc4ccccc4s3)cc2C)C(Sc2ncnc3sc(C)c(C)c23)(C(=O)NC(Sc2ncnc3c2c(C)c(C)n3Cc2ccco2)C(=O)Nc2cccc(O)c2)c2cccc(C(C)=O)c2)c1. The molecule has 4 amide bonds. The molecule has 0 aliphatic carbocycles. The number of para-hydroxylation sites is 1. The molecule has 13 rings (SSSR count). The Bertz CT molecular complexity index is 5690. The van der Waals surface area contributed by atoms with Crippen LogP contribution in [-0.4, -0.2) is 103 Å². The molecule has 8 N–H and O–H groups in total. The standard InChI is InChI=1S/C79H72N12O12S5/c1-42-17-12-24-57(33-42)103-77(73(80)97,60-29-28-56(34-43(60)2)102-39-63-88-61-26-10-11-27-62(61)105-63)79(75(99)87-53-21-15-23-55(37-53)100-9,108-76-85-46(5)59(30-31-92)67(95)89-76)78(51-19-13-18-50(35-51)48(7)93,107-71-65-45(4)49(8)104-70(65)83-41-84-71)74(98)90-72(68(96)86-52-20-14-22-54(94)36-52)106-69-64-44(3)47(6)91(66(64)81-40-82-69)38-58-25-16-32-101-58/h10-29,32-37,40-41,72,92,94H,30-31,38-39H2,1-9H3,(H2,80,97)(H,86,96)(H,87,99)(H,90,98)(H,85,89,95). The smallest absolute Gasteiger partial charge is 0.268 e. The number of nitrogens with two attached hydrogens (primary N) is 1. The Hall–Kier alpha value is -11.2. The van der Waals surface area contributed by atoms with Crippen LogP contribution in [-0.2, 0) is 49.1 Å².